The van der Waals surface area contributed by atoms with Crippen molar-refractivity contribution in [3.8, 4) is 0 Å². The molecule has 132 valence electrons. The van der Waals surface area contributed by atoms with Gasteiger partial charge in [0.25, 0.3) is 0 Å². The Morgan fingerprint density at radius 1 is 1.00 bits per heavy atom. The van der Waals surface area contributed by atoms with Crippen LogP contribution in [0.25, 0.3) is 0 Å². The van der Waals surface area contributed by atoms with Crippen molar-refractivity contribution in [3.05, 3.63) is 51.1 Å². The molecule has 5 heteroatoms. The molecule has 0 aliphatic heterocycles. The Morgan fingerprint density at radius 3 is 2.17 bits per heavy atom. The SMILES string of the molecule is CCCC[Si](C)(C1=[C]([Ti+3])CC=C1CCC)c1ccccc1.[Cl-].[Cl-].[Cl-]. The van der Waals surface area contributed by atoms with Crippen LogP contribution in [-0.4, -0.2) is 8.07 Å². The van der Waals surface area contributed by atoms with Gasteiger partial charge in [-0.1, -0.05) is 0 Å². The summed E-state index contributed by atoms with van der Waals surface area (Å²) in [5.74, 6) is 0. The maximum Gasteiger partial charge on any atom is -1.00 e. The van der Waals surface area contributed by atoms with Crippen LogP contribution in [0.1, 0.15) is 46.0 Å². The van der Waals surface area contributed by atoms with E-state index in [1.165, 1.54) is 38.1 Å². The van der Waals surface area contributed by atoms with Crippen LogP contribution in [-0.2, 0) is 20.4 Å². The van der Waals surface area contributed by atoms with Crippen molar-refractivity contribution in [2.24, 2.45) is 0 Å². The number of rotatable bonds is 7. The quantitative estimate of drug-likeness (QED) is 0.385. The molecule has 0 spiro atoms. The number of halogens is 3. The van der Waals surface area contributed by atoms with Gasteiger partial charge < -0.3 is 37.2 Å². The first-order valence-corrected chi connectivity index (χ1v) is 11.8. The van der Waals surface area contributed by atoms with Crippen LogP contribution in [0.5, 0.6) is 0 Å². The molecular weight excluding hydrogens is 411 g/mol. The molecule has 0 amide bonds. The molecule has 1 aliphatic rings. The maximum absolute atomic E-state index is 2.60. The first kappa shape index (κ1) is 26.7. The van der Waals surface area contributed by atoms with Gasteiger partial charge in [-0.3, -0.25) is 0 Å². The van der Waals surface area contributed by atoms with Gasteiger partial charge in [0.2, 0.25) is 0 Å². The van der Waals surface area contributed by atoms with Gasteiger partial charge in [-0.15, -0.1) is 0 Å². The van der Waals surface area contributed by atoms with Crippen LogP contribution in [0, 0.1) is 0 Å². The van der Waals surface area contributed by atoms with E-state index in [1.54, 1.807) is 19.8 Å². The molecule has 0 heterocycles. The monoisotopic (exact) mass is 436 g/mol. The summed E-state index contributed by atoms with van der Waals surface area (Å²) < 4.78 is 1.65. The Kier molecular flexibility index (Phi) is 14.2. The standard InChI is InChI=1S/C19H27Si.3ClH.Ti/c1-4-6-16-20(3,18-13-8-7-9-14-18)19-15-10-12-17(19)11-5-2;;;;/h7-9,12-14H,4-6,10-11,16H2,1-3H3;3*1H;/q;;;;+3/p-3. The average Bonchev–Trinajstić information content (AvgIpc) is 2.87. The summed E-state index contributed by atoms with van der Waals surface area (Å²) in [5, 5.41) is 3.40. The molecule has 0 aromatic heterocycles. The largest absolute Gasteiger partial charge is 1.00 e. The Balaban J connectivity index is 0. The van der Waals surface area contributed by atoms with E-state index in [2.05, 4.69) is 77.2 Å². The summed E-state index contributed by atoms with van der Waals surface area (Å²) in [5.41, 5.74) is 1.67. The first-order valence-electron chi connectivity index (χ1n) is 8.33. The number of allylic oxidation sites excluding steroid dienone is 4. The second-order valence-corrected chi connectivity index (χ2v) is 11.5. The molecule has 0 saturated carbocycles. The second kappa shape index (κ2) is 12.8. The minimum Gasteiger partial charge on any atom is -1.00 e. The molecular formula is C19H27Cl3SiTi. The Hall–Kier alpha value is 0.501. The Bertz CT molecular complexity index is 543. The summed E-state index contributed by atoms with van der Waals surface area (Å²) in [6.45, 7) is 7.23. The average molecular weight is 438 g/mol. The molecule has 24 heavy (non-hydrogen) atoms. The zero-order chi connectivity index (χ0) is 15.3. The van der Waals surface area contributed by atoms with Gasteiger partial charge >= 0.3 is 143 Å². The number of unbranched alkanes of at least 4 members (excludes halogenated alkanes) is 1. The van der Waals surface area contributed by atoms with Crippen LogP contribution >= 0.6 is 0 Å². The Morgan fingerprint density at radius 2 is 1.62 bits per heavy atom. The van der Waals surface area contributed by atoms with Gasteiger partial charge in [-0.05, 0) is 0 Å². The number of hydrogen-bond donors (Lipinski definition) is 0. The van der Waals surface area contributed by atoms with Crippen LogP contribution in [0.3, 0.4) is 0 Å². The molecule has 1 atom stereocenters. The van der Waals surface area contributed by atoms with Crippen LogP contribution in [0.2, 0.25) is 12.6 Å². The van der Waals surface area contributed by atoms with Gasteiger partial charge in [0, 0.05) is 0 Å². The maximum atomic E-state index is 2.60. The summed E-state index contributed by atoms with van der Waals surface area (Å²) in [7, 11) is -1.57. The molecule has 1 aromatic rings. The van der Waals surface area contributed by atoms with E-state index in [0.717, 1.165) is 0 Å². The van der Waals surface area contributed by atoms with E-state index in [0.29, 0.717) is 0 Å². The van der Waals surface area contributed by atoms with E-state index in [1.807, 2.05) is 0 Å². The zero-order valence-corrected chi connectivity index (χ0v) is 19.7. The van der Waals surface area contributed by atoms with Crippen LogP contribution in [0.4, 0.5) is 0 Å². The van der Waals surface area contributed by atoms with E-state index in [-0.39, 0.29) is 37.2 Å². The smallest absolute Gasteiger partial charge is 1.00 e. The van der Waals surface area contributed by atoms with E-state index < -0.39 is 8.07 Å². The van der Waals surface area contributed by atoms with Crippen molar-refractivity contribution in [3.63, 3.8) is 0 Å². The Labute approximate surface area is 179 Å². The molecule has 0 fully saturated rings. The molecule has 1 unspecified atom stereocenters. The van der Waals surface area contributed by atoms with Gasteiger partial charge in [-0.2, -0.15) is 0 Å². The third-order valence-corrected chi connectivity index (χ3v) is 10.5. The predicted octanol–water partition coefficient (Wildman–Crippen LogP) is -3.75. The third-order valence-electron chi connectivity index (χ3n) is 4.69. The van der Waals surface area contributed by atoms with Crippen molar-refractivity contribution in [1.82, 2.24) is 0 Å². The van der Waals surface area contributed by atoms with E-state index in [4.69, 9.17) is 0 Å². The first-order chi connectivity index (χ1) is 10.1. The van der Waals surface area contributed by atoms with Crippen molar-refractivity contribution in [2.45, 2.75) is 58.5 Å². The minimum atomic E-state index is -1.57. The zero-order valence-electron chi connectivity index (χ0n) is 14.8. The number of hydrogen-bond acceptors (Lipinski definition) is 0. The molecule has 0 radical (unpaired) electrons. The molecule has 0 nitrogen and oxygen atoms in total. The van der Waals surface area contributed by atoms with Gasteiger partial charge in [0.15, 0.2) is 0 Å². The molecule has 1 aliphatic carbocycles. The van der Waals surface area contributed by atoms with Gasteiger partial charge in [0.05, 0.1) is 0 Å². The van der Waals surface area contributed by atoms with Gasteiger partial charge in [-0.25, -0.2) is 0 Å². The van der Waals surface area contributed by atoms with Crippen LogP contribution < -0.4 is 42.4 Å². The second-order valence-electron chi connectivity index (χ2n) is 6.34. The van der Waals surface area contributed by atoms with Crippen molar-refractivity contribution >= 4 is 13.3 Å². The van der Waals surface area contributed by atoms with E-state index in [9.17, 15) is 0 Å². The fraction of sp³-hybridized carbons (Fsp3) is 0.474. The summed E-state index contributed by atoms with van der Waals surface area (Å²) in [4.78, 5) is 0. The van der Waals surface area contributed by atoms with Gasteiger partial charge in [0.1, 0.15) is 0 Å². The fourth-order valence-corrected chi connectivity index (χ4v) is 9.78. The predicted molar refractivity (Wildman–Crippen MR) is 92.0 cm³/mol. The van der Waals surface area contributed by atoms with E-state index >= 15 is 0 Å². The van der Waals surface area contributed by atoms with Crippen LogP contribution in [0.15, 0.2) is 51.1 Å². The molecule has 1 aromatic carbocycles. The topological polar surface area (TPSA) is 0 Å². The van der Waals surface area contributed by atoms with Crippen molar-refractivity contribution in [2.75, 3.05) is 0 Å². The summed E-state index contributed by atoms with van der Waals surface area (Å²) in [6.07, 6.45) is 8.87. The minimum absolute atomic E-state index is 0. The summed E-state index contributed by atoms with van der Waals surface area (Å²) >= 11 is 2.37. The summed E-state index contributed by atoms with van der Waals surface area (Å²) in [6, 6.07) is 12.7. The number of benzene rings is 1. The third kappa shape index (κ3) is 6.04. The molecule has 0 saturated heterocycles. The van der Waals surface area contributed by atoms with Crippen molar-refractivity contribution in [1.29, 1.82) is 0 Å². The van der Waals surface area contributed by atoms with Crippen molar-refractivity contribution < 1.29 is 57.7 Å². The normalized spacial score (nSPS) is 15.6. The molecule has 0 bridgehead atoms. The fourth-order valence-electron chi connectivity index (χ4n) is 3.56. The molecule has 2 rings (SSSR count). The molecule has 0 N–H and O–H groups in total.